The summed E-state index contributed by atoms with van der Waals surface area (Å²) in [5, 5.41) is 16.3. The number of hydrogen-bond acceptors (Lipinski definition) is 5. The second-order valence-electron chi connectivity index (χ2n) is 10.9. The van der Waals surface area contributed by atoms with Crippen molar-refractivity contribution in [2.45, 2.75) is 69.9 Å². The third kappa shape index (κ3) is 5.02. The number of nitrogens with one attached hydrogen (secondary N) is 3. The number of aromatic nitrogens is 1. The summed E-state index contributed by atoms with van der Waals surface area (Å²) in [4.78, 5) is 44.5. The number of likely N-dealkylation sites (tertiary alicyclic amines) is 1. The van der Waals surface area contributed by atoms with Crippen LogP contribution in [-0.4, -0.2) is 59.9 Å². The molecule has 1 saturated carbocycles. The normalized spacial score (nSPS) is 23.9. The van der Waals surface area contributed by atoms with Crippen molar-refractivity contribution in [3.63, 3.8) is 0 Å². The number of fused-ring (bicyclic) bond motifs is 1. The molecule has 5 rings (SSSR count). The molecule has 37 heavy (non-hydrogen) atoms. The number of methoxy groups -OCH3 is 1. The molecular weight excluding hydrogens is 470 g/mol. The summed E-state index contributed by atoms with van der Waals surface area (Å²) in [7, 11) is 1.60. The molecule has 3 amide bonds. The molecular formula is C28H35N5O4. The fourth-order valence-corrected chi connectivity index (χ4v) is 6.50. The maximum absolute atomic E-state index is 13.8. The lowest BCUT2D eigenvalue weighted by molar-refractivity contribution is -0.128. The number of H-pyrrole nitrogens is 1. The zero-order chi connectivity index (χ0) is 26.0. The van der Waals surface area contributed by atoms with E-state index in [-0.39, 0.29) is 35.5 Å². The van der Waals surface area contributed by atoms with Crippen LogP contribution < -0.4 is 15.4 Å². The van der Waals surface area contributed by atoms with Gasteiger partial charge in [0.15, 0.2) is 0 Å². The van der Waals surface area contributed by atoms with Crippen LogP contribution in [0.1, 0.15) is 68.3 Å². The van der Waals surface area contributed by atoms with E-state index in [2.05, 4.69) is 21.7 Å². The van der Waals surface area contributed by atoms with Crippen molar-refractivity contribution in [2.24, 2.45) is 11.3 Å². The van der Waals surface area contributed by atoms with Crippen molar-refractivity contribution in [3.8, 4) is 11.8 Å². The first-order valence-corrected chi connectivity index (χ1v) is 13.4. The van der Waals surface area contributed by atoms with Crippen molar-refractivity contribution < 1.29 is 19.1 Å². The van der Waals surface area contributed by atoms with Gasteiger partial charge in [-0.1, -0.05) is 25.3 Å². The Labute approximate surface area is 216 Å². The Morgan fingerprint density at radius 1 is 1.27 bits per heavy atom. The van der Waals surface area contributed by atoms with Gasteiger partial charge >= 0.3 is 0 Å². The van der Waals surface area contributed by atoms with E-state index in [4.69, 9.17) is 4.74 Å². The average molecular weight is 506 g/mol. The molecule has 3 N–H and O–H groups in total. The Hall–Kier alpha value is -3.54. The highest BCUT2D eigenvalue weighted by atomic mass is 16.5. The van der Waals surface area contributed by atoms with Gasteiger partial charge in [-0.15, -0.1) is 0 Å². The largest absolute Gasteiger partial charge is 0.496 e. The molecule has 3 fully saturated rings. The monoisotopic (exact) mass is 505 g/mol. The van der Waals surface area contributed by atoms with Gasteiger partial charge in [0, 0.05) is 29.9 Å². The van der Waals surface area contributed by atoms with Gasteiger partial charge in [0.05, 0.1) is 13.2 Å². The Morgan fingerprint density at radius 2 is 2.08 bits per heavy atom. The van der Waals surface area contributed by atoms with Crippen LogP contribution in [0.4, 0.5) is 0 Å². The van der Waals surface area contributed by atoms with Crippen molar-refractivity contribution in [2.75, 3.05) is 20.2 Å². The van der Waals surface area contributed by atoms with Crippen LogP contribution in [0.3, 0.4) is 0 Å². The lowest BCUT2D eigenvalue weighted by atomic mass is 9.72. The molecule has 1 spiro atoms. The minimum Gasteiger partial charge on any atom is -0.496 e. The van der Waals surface area contributed by atoms with Crippen LogP contribution in [0.25, 0.3) is 10.9 Å². The molecule has 1 aromatic heterocycles. The number of carbonyl (C=O) groups excluding carboxylic acids is 3. The summed E-state index contributed by atoms with van der Waals surface area (Å²) in [5.41, 5.74) is 1.14. The highest BCUT2D eigenvalue weighted by Gasteiger charge is 2.49. The minimum absolute atomic E-state index is 0.0613. The number of aromatic amines is 1. The summed E-state index contributed by atoms with van der Waals surface area (Å²) >= 11 is 0. The van der Waals surface area contributed by atoms with Gasteiger partial charge in [-0.05, 0) is 62.1 Å². The topological polar surface area (TPSA) is 127 Å². The van der Waals surface area contributed by atoms with Crippen LogP contribution in [0.5, 0.6) is 5.75 Å². The summed E-state index contributed by atoms with van der Waals surface area (Å²) < 4.78 is 5.45. The summed E-state index contributed by atoms with van der Waals surface area (Å²) in [5.74, 6) is -0.205. The fourth-order valence-electron chi connectivity index (χ4n) is 6.50. The van der Waals surface area contributed by atoms with E-state index in [1.165, 1.54) is 6.42 Å². The fraction of sp³-hybridized carbons (Fsp3) is 0.571. The summed E-state index contributed by atoms with van der Waals surface area (Å²) in [6, 6.07) is 8.13. The van der Waals surface area contributed by atoms with E-state index in [9.17, 15) is 19.6 Å². The first-order chi connectivity index (χ1) is 17.9. The van der Waals surface area contributed by atoms with Crippen LogP contribution in [0.15, 0.2) is 24.3 Å². The molecule has 9 nitrogen and oxygen atoms in total. The standard InChI is InChI=1S/C28H35N5O4/c1-37-24-9-5-8-21-20(24)14-22(32-21)27(36)33-17-28(10-3-2-4-11-28)15-23(33)26(35)31-19(16-29)13-18-7-6-12-30-25(18)34/h5,8-9,14,18-19,23,32H,2-4,6-7,10-13,15,17H2,1H3,(H,30,34)(H,31,35)/t18-,19-,23+/m0/s1. The number of carbonyl (C=O) groups is 3. The maximum Gasteiger partial charge on any atom is 0.271 e. The molecule has 3 heterocycles. The molecule has 2 aromatic rings. The second-order valence-corrected chi connectivity index (χ2v) is 10.9. The van der Waals surface area contributed by atoms with Crippen LogP contribution >= 0.6 is 0 Å². The first-order valence-electron chi connectivity index (χ1n) is 13.4. The molecule has 1 aromatic carbocycles. The predicted octanol–water partition coefficient (Wildman–Crippen LogP) is 3.27. The van der Waals surface area contributed by atoms with Crippen LogP contribution in [-0.2, 0) is 9.59 Å². The molecule has 3 aliphatic rings. The van der Waals surface area contributed by atoms with Crippen molar-refractivity contribution in [3.05, 3.63) is 30.0 Å². The molecule has 0 bridgehead atoms. The molecule has 3 atom stereocenters. The maximum atomic E-state index is 13.8. The van der Waals surface area contributed by atoms with E-state index < -0.39 is 12.1 Å². The number of hydrogen-bond donors (Lipinski definition) is 3. The number of amides is 3. The van der Waals surface area contributed by atoms with Crippen molar-refractivity contribution in [1.29, 1.82) is 5.26 Å². The number of piperidine rings is 1. The smallest absolute Gasteiger partial charge is 0.271 e. The van der Waals surface area contributed by atoms with E-state index in [0.717, 1.165) is 43.0 Å². The zero-order valence-corrected chi connectivity index (χ0v) is 21.3. The Morgan fingerprint density at radius 3 is 2.81 bits per heavy atom. The third-order valence-electron chi connectivity index (χ3n) is 8.45. The van der Waals surface area contributed by atoms with E-state index in [0.29, 0.717) is 37.4 Å². The van der Waals surface area contributed by atoms with Crippen molar-refractivity contribution in [1.82, 2.24) is 20.5 Å². The Kier molecular flexibility index (Phi) is 7.09. The molecule has 0 radical (unpaired) electrons. The van der Waals surface area contributed by atoms with Gasteiger partial charge in [0.1, 0.15) is 23.5 Å². The summed E-state index contributed by atoms with van der Waals surface area (Å²) in [6.45, 7) is 1.18. The zero-order valence-electron chi connectivity index (χ0n) is 21.3. The number of benzene rings is 1. The highest BCUT2D eigenvalue weighted by molar-refractivity contribution is 6.02. The summed E-state index contributed by atoms with van der Waals surface area (Å²) in [6.07, 6.45) is 7.80. The van der Waals surface area contributed by atoms with E-state index in [1.54, 1.807) is 18.1 Å². The first kappa shape index (κ1) is 25.1. The number of nitriles is 1. The van der Waals surface area contributed by atoms with Gasteiger partial charge in [-0.2, -0.15) is 5.26 Å². The average Bonchev–Trinajstić information content (AvgIpc) is 3.51. The molecule has 9 heteroatoms. The Balaban J connectivity index is 1.38. The number of nitrogens with zero attached hydrogens (tertiary/aromatic N) is 2. The number of rotatable bonds is 6. The van der Waals surface area contributed by atoms with Crippen LogP contribution in [0.2, 0.25) is 0 Å². The lowest BCUT2D eigenvalue weighted by Crippen LogP contribution is -2.49. The van der Waals surface area contributed by atoms with E-state index in [1.807, 2.05) is 18.2 Å². The quantitative estimate of drug-likeness (QED) is 0.555. The van der Waals surface area contributed by atoms with Crippen molar-refractivity contribution >= 4 is 28.6 Å². The second kappa shape index (κ2) is 10.4. The molecule has 0 unspecified atom stereocenters. The van der Waals surface area contributed by atoms with Gasteiger partial charge in [-0.3, -0.25) is 14.4 Å². The van der Waals surface area contributed by atoms with Gasteiger partial charge in [0.25, 0.3) is 5.91 Å². The van der Waals surface area contributed by atoms with Crippen LogP contribution in [0, 0.1) is 22.7 Å². The van der Waals surface area contributed by atoms with Gasteiger partial charge in [0.2, 0.25) is 11.8 Å². The molecule has 196 valence electrons. The lowest BCUT2D eigenvalue weighted by Gasteiger charge is -2.32. The molecule has 2 saturated heterocycles. The highest BCUT2D eigenvalue weighted by Crippen LogP contribution is 2.47. The Bertz CT molecular complexity index is 1220. The molecule has 2 aliphatic heterocycles. The minimum atomic E-state index is -0.779. The van der Waals surface area contributed by atoms with E-state index >= 15 is 0 Å². The number of ether oxygens (including phenoxy) is 1. The predicted molar refractivity (Wildman–Crippen MR) is 138 cm³/mol. The van der Waals surface area contributed by atoms with Gasteiger partial charge in [-0.25, -0.2) is 0 Å². The SMILES string of the molecule is COc1cccc2[nH]c(C(=O)N3CC4(CCCCC4)C[C@@H]3C(=O)N[C@H](C#N)C[C@@H]3CCCNC3=O)cc12. The van der Waals surface area contributed by atoms with Gasteiger partial charge < -0.3 is 25.3 Å². The molecule has 1 aliphatic carbocycles. The third-order valence-corrected chi connectivity index (χ3v) is 8.45.